The maximum Gasteiger partial charge on any atom is 0.187 e. The fourth-order valence-electron chi connectivity index (χ4n) is 14.5. The van der Waals surface area contributed by atoms with Crippen LogP contribution in [0.15, 0.2) is 0 Å². The van der Waals surface area contributed by atoms with Crippen molar-refractivity contribution in [1.29, 1.82) is 0 Å². The summed E-state index contributed by atoms with van der Waals surface area (Å²) in [5.41, 5.74) is 0. The van der Waals surface area contributed by atoms with Gasteiger partial charge in [-0.25, -0.2) is 0 Å². The molecule has 32 aliphatic heterocycles. The molecular weight excluding hydrogens is 1540 g/mol. The Morgan fingerprint density at radius 2 is 0.342 bits per heavy atom. The Labute approximate surface area is 625 Å². The molecule has 51 nitrogen and oxygen atoms in total. The van der Waals surface area contributed by atoms with Crippen LogP contribution in [-0.4, -0.2) is 537 Å². The second-order valence-electron chi connectivity index (χ2n) is 28.0. The van der Waals surface area contributed by atoms with Crippen molar-refractivity contribution in [2.45, 2.75) is 307 Å². The highest BCUT2D eigenvalue weighted by Crippen LogP contribution is 2.41. The maximum atomic E-state index is 11.4. The molecule has 16 bridgehead atoms. The Hall–Kier alpha value is -2.04. The summed E-state index contributed by atoms with van der Waals surface area (Å²) in [5, 5.41) is 341. The zero-order chi connectivity index (χ0) is 81.4. The van der Waals surface area contributed by atoms with Gasteiger partial charge in [-0.05, 0) is 0 Å². The first kappa shape index (κ1) is 91.3. The van der Waals surface area contributed by atoms with Gasteiger partial charge in [-0.2, -0.15) is 0 Å². The van der Waals surface area contributed by atoms with Crippen LogP contribution in [0.25, 0.3) is 0 Å². The Bertz CT molecular complexity index is 2340. The molecule has 32 fully saturated rings. The van der Waals surface area contributed by atoms with Gasteiger partial charge in [0.1, 0.15) is 244 Å². The van der Waals surface area contributed by atoms with E-state index in [1.165, 1.54) is 0 Å². The average Bonchev–Trinajstić information content (AvgIpc) is 0.765. The Morgan fingerprint density at radius 3 is 0.523 bits per heavy atom. The molecule has 0 saturated carbocycles. The van der Waals surface area contributed by atoms with E-state index in [0.717, 1.165) is 0 Å². The van der Waals surface area contributed by atoms with E-state index >= 15 is 0 Å². The standard InChI is InChI=1S/C48H80O40.C12H22O11/c49-1-9-33-17(57)25(65)41(73-9)82-34-10(2-50)75-43(27(67)19(34)59)84-36-12(4-52)77-45(29(69)21(36)61)86-38-14(6-54)79-47(31(71)23(38)63)88-40-16(8-56)80-48(32(72)24(40)64)87-39-15(7-55)78-46(30(70)22(39)62)85-37-13(5-53)76-44(28(68)20(37)60)83-35-11(3-51)74-42(81-33)26(66)18(35)58;13-1-3-5(15)6(16)9(19)12(22-3)23-10-4(2-14)21-11(20)8(18)7(10)17/h9-72H,1-8H2;3-20H,1-2H2/t9-,10-,11-,12-,13-,14-,15-,16-,17-,18-,19-,20-,21-,22-,23-,24-,25-,26-,27-,28-,29-,30-,31-,32-,33-,34-,35-,36-,37-,38-,39-,40-,41-,42-,43-,44-,45-,46-,47-,48-;3-,4-,5-,6+,7-,8-,9-,10-,11?,12-/m11/s1. The zero-order valence-electron chi connectivity index (χ0n) is 58.0. The molecule has 0 amide bonds. The van der Waals surface area contributed by atoms with Gasteiger partial charge in [0.15, 0.2) is 62.9 Å². The van der Waals surface area contributed by atoms with Crippen molar-refractivity contribution < 1.29 is 253 Å². The van der Waals surface area contributed by atoms with E-state index in [4.69, 9.17) is 95.1 Å². The van der Waals surface area contributed by atoms with E-state index in [1.54, 1.807) is 0 Å². The van der Waals surface area contributed by atoms with Crippen molar-refractivity contribution in [2.75, 3.05) is 66.1 Å². The van der Waals surface area contributed by atoms with Crippen LogP contribution in [-0.2, 0) is 90.0 Å². The monoisotopic (exact) mass is 1640 g/mol. The average molecular weight is 1640 g/mol. The van der Waals surface area contributed by atoms with Gasteiger partial charge in [-0.1, -0.05) is 0 Å². The van der Waals surface area contributed by atoms with Crippen LogP contribution in [0.4, 0.5) is 0 Å². The SMILES string of the molecule is OC[C@H]1O[C@@H]2O[C@H]3[C@H](O)[C@@H](O)[C@@H](O[C@H]4[C@H](O)[C@@H](O)[C@@H](O[C@H]5[C@H](O)[C@@H](O)[C@@H](O[C@H]6[C@H](O)[C@@H](O)[C@@H](O[C@H]7[C@H](O)[C@@H](O)[C@@H](O[C@H]8[C@H](O)[C@@H](O)[C@@H](O[C@H]9[C@H](O)[C@@H](O)[C@@H](O[C@H]1[C@H](O)[C@H]2O)O[C@@H]9CO)O[C@@H]8CO)O[C@@H]7CO)O[C@@H]6CO)O[C@@H]5CO)O[C@@H]4CO)O[C@@H]3CO.OC[C@H]1O[C@H](O[C@H]2[C@H](O)[C@@H](O)C(O)O[C@@H]2CO)[C@H](O)[C@@H](O)[C@@H]1O. The van der Waals surface area contributed by atoms with Crippen molar-refractivity contribution in [3.8, 4) is 0 Å². The third-order valence-corrected chi connectivity index (χ3v) is 20.9. The molecule has 51 heteroatoms. The molecule has 0 spiro atoms. The predicted molar refractivity (Wildman–Crippen MR) is 330 cm³/mol. The normalized spacial score (nSPS) is 54.6. The van der Waals surface area contributed by atoms with Crippen molar-refractivity contribution in [3.05, 3.63) is 0 Å². The Kier molecular flexibility index (Phi) is 32.4. The first-order valence-corrected chi connectivity index (χ1v) is 35.2. The zero-order valence-corrected chi connectivity index (χ0v) is 58.0. The summed E-state index contributed by atoms with van der Waals surface area (Å²) in [5.74, 6) is 0. The van der Waals surface area contributed by atoms with Gasteiger partial charge in [-0.15, -0.1) is 0 Å². The largest absolute Gasteiger partial charge is 0.394 e. The van der Waals surface area contributed by atoms with E-state index in [0.29, 0.717) is 0 Å². The number of aliphatic hydroxyl groups excluding tert-OH is 32. The van der Waals surface area contributed by atoms with Gasteiger partial charge in [0.25, 0.3) is 0 Å². The van der Waals surface area contributed by atoms with Gasteiger partial charge in [0.2, 0.25) is 0 Å². The molecule has 0 aromatic carbocycles. The number of ether oxygens (including phenoxy) is 19. The molecule has 50 atom stereocenters. The fourth-order valence-corrected chi connectivity index (χ4v) is 14.5. The Morgan fingerprint density at radius 1 is 0.153 bits per heavy atom. The summed E-state index contributed by atoms with van der Waals surface area (Å²) in [6.45, 7) is -9.99. The first-order chi connectivity index (χ1) is 52.7. The summed E-state index contributed by atoms with van der Waals surface area (Å²) in [7, 11) is 0. The lowest BCUT2D eigenvalue weighted by atomic mass is 9.94. The molecule has 0 aromatic rings. The van der Waals surface area contributed by atoms with Crippen LogP contribution in [0, 0.1) is 0 Å². The molecule has 1 unspecified atom stereocenters. The van der Waals surface area contributed by atoms with E-state index in [9.17, 15) is 158 Å². The lowest BCUT2D eigenvalue weighted by Crippen LogP contribution is -2.69. The van der Waals surface area contributed by atoms with Crippen molar-refractivity contribution >= 4 is 0 Å². The van der Waals surface area contributed by atoms with Crippen LogP contribution < -0.4 is 0 Å². The third-order valence-electron chi connectivity index (χ3n) is 20.9. The number of aliphatic hydroxyl groups is 32. The predicted octanol–water partition coefficient (Wildman–Crippen LogP) is -22.8. The molecule has 32 aliphatic rings. The summed E-state index contributed by atoms with van der Waals surface area (Å²) in [4.78, 5) is 0. The number of hydrogen-bond acceptors (Lipinski definition) is 51. The van der Waals surface area contributed by atoms with Gasteiger partial charge >= 0.3 is 0 Å². The number of rotatable bonds is 12. The molecule has 32 N–H and O–H groups in total. The van der Waals surface area contributed by atoms with Gasteiger partial charge in [-0.3, -0.25) is 0 Å². The molecule has 0 radical (unpaired) electrons. The van der Waals surface area contributed by atoms with Gasteiger partial charge < -0.3 is 253 Å². The lowest BCUT2D eigenvalue weighted by Gasteiger charge is -2.50. The van der Waals surface area contributed by atoms with Crippen LogP contribution in [0.3, 0.4) is 0 Å². The van der Waals surface area contributed by atoms with Crippen LogP contribution in [0.2, 0.25) is 0 Å². The highest BCUT2D eigenvalue weighted by Gasteiger charge is 2.61. The van der Waals surface area contributed by atoms with Gasteiger partial charge in [0, 0.05) is 0 Å². The quantitative estimate of drug-likeness (QED) is 0.0863. The summed E-state index contributed by atoms with van der Waals surface area (Å²) in [6.07, 6.45) is -97.5. The summed E-state index contributed by atoms with van der Waals surface area (Å²) >= 11 is 0. The Balaban J connectivity index is 0.000000485. The van der Waals surface area contributed by atoms with Crippen LogP contribution >= 0.6 is 0 Å². The minimum absolute atomic E-state index is 0.667. The minimum Gasteiger partial charge on any atom is -0.394 e. The smallest absolute Gasteiger partial charge is 0.187 e. The molecule has 111 heavy (non-hydrogen) atoms. The second-order valence-corrected chi connectivity index (χ2v) is 28.0. The lowest BCUT2D eigenvalue weighted by molar-refractivity contribution is -0.404. The van der Waals surface area contributed by atoms with E-state index in [2.05, 4.69) is 0 Å². The first-order valence-electron chi connectivity index (χ1n) is 35.2. The highest BCUT2D eigenvalue weighted by atomic mass is 16.8. The molecule has 0 aliphatic carbocycles. The van der Waals surface area contributed by atoms with Crippen LogP contribution in [0.5, 0.6) is 0 Å². The van der Waals surface area contributed by atoms with Crippen molar-refractivity contribution in [1.82, 2.24) is 0 Å². The van der Waals surface area contributed by atoms with E-state index in [1.807, 2.05) is 0 Å². The molecular formula is C60H102O51. The topological polar surface area (TPSA) is 823 Å². The molecule has 0 aromatic heterocycles. The van der Waals surface area contributed by atoms with E-state index < -0.39 is 373 Å². The van der Waals surface area contributed by atoms with Crippen molar-refractivity contribution in [2.24, 2.45) is 0 Å². The minimum atomic E-state index is -2.25. The summed E-state index contributed by atoms with van der Waals surface area (Å²) in [6, 6.07) is 0. The molecule has 32 rings (SSSR count). The van der Waals surface area contributed by atoms with E-state index in [-0.39, 0.29) is 0 Å². The fraction of sp³-hybridized carbons (Fsp3) is 1.00. The third kappa shape index (κ3) is 18.8. The van der Waals surface area contributed by atoms with Crippen LogP contribution in [0.1, 0.15) is 0 Å². The molecule has 648 valence electrons. The number of hydrogen-bond donors (Lipinski definition) is 32. The van der Waals surface area contributed by atoms with Crippen molar-refractivity contribution in [3.63, 3.8) is 0 Å². The summed E-state index contributed by atoms with van der Waals surface area (Å²) < 4.78 is 106. The molecule has 32 saturated heterocycles. The second kappa shape index (κ2) is 39.4. The maximum absolute atomic E-state index is 11.4. The molecule has 32 heterocycles. The highest BCUT2D eigenvalue weighted by molar-refractivity contribution is 5.03. The van der Waals surface area contributed by atoms with Gasteiger partial charge in [0.05, 0.1) is 66.1 Å².